The lowest BCUT2D eigenvalue weighted by Crippen LogP contribution is -2.30. The van der Waals surface area contributed by atoms with Gasteiger partial charge in [-0.25, -0.2) is 4.98 Å². The molecule has 116 valence electrons. The largest absolute Gasteiger partial charge is 0.386 e. The molecule has 0 radical (unpaired) electrons. The molecule has 0 aliphatic heterocycles. The lowest BCUT2D eigenvalue weighted by molar-refractivity contribution is 0.0700. The molecular formula is C14H18N6O2. The number of hydrogen-bond donors (Lipinski definition) is 3. The smallest absolute Gasteiger partial charge is 0.269 e. The SMILES string of the molecule is CC(C(O)c1ccccc1)N(C)N=Nc1nc[nH]c1C(N)=O. The molecule has 2 aromatic rings. The lowest BCUT2D eigenvalue weighted by Gasteiger charge is -2.25. The van der Waals surface area contributed by atoms with Gasteiger partial charge in [-0.15, -0.1) is 5.11 Å². The van der Waals surface area contributed by atoms with E-state index in [2.05, 4.69) is 20.3 Å². The van der Waals surface area contributed by atoms with Crippen molar-refractivity contribution in [1.82, 2.24) is 15.0 Å². The Hall–Kier alpha value is -2.74. The Bertz CT molecular complexity index is 654. The van der Waals surface area contributed by atoms with Crippen molar-refractivity contribution in [3.8, 4) is 0 Å². The highest BCUT2D eigenvalue weighted by atomic mass is 16.3. The van der Waals surface area contributed by atoms with Crippen LogP contribution in [-0.4, -0.2) is 39.1 Å². The number of aliphatic hydroxyl groups excluding tert-OH is 1. The van der Waals surface area contributed by atoms with E-state index in [9.17, 15) is 9.90 Å². The van der Waals surface area contributed by atoms with Crippen LogP contribution in [0, 0.1) is 0 Å². The molecular weight excluding hydrogens is 284 g/mol. The Morgan fingerprint density at radius 2 is 2.09 bits per heavy atom. The molecule has 0 saturated carbocycles. The standard InChI is InChI=1S/C14H18N6O2/c1-9(12(21)10-6-4-3-5-7-10)20(2)19-18-14-11(13(15)22)16-8-17-14/h3-9,12,21H,1-2H3,(H2,15,22)(H,16,17). The molecule has 0 bridgehead atoms. The predicted octanol–water partition coefficient (Wildman–Crippen LogP) is 1.56. The molecule has 0 saturated heterocycles. The number of aromatic nitrogens is 2. The van der Waals surface area contributed by atoms with E-state index in [1.165, 1.54) is 11.3 Å². The highest BCUT2D eigenvalue weighted by molar-refractivity contribution is 5.94. The Morgan fingerprint density at radius 3 is 2.73 bits per heavy atom. The van der Waals surface area contributed by atoms with Gasteiger partial charge in [-0.2, -0.15) is 0 Å². The van der Waals surface area contributed by atoms with Gasteiger partial charge >= 0.3 is 0 Å². The summed E-state index contributed by atoms with van der Waals surface area (Å²) in [5.41, 5.74) is 6.06. The number of rotatable bonds is 6. The van der Waals surface area contributed by atoms with Crippen molar-refractivity contribution >= 4 is 11.7 Å². The monoisotopic (exact) mass is 302 g/mol. The zero-order valence-corrected chi connectivity index (χ0v) is 12.3. The molecule has 0 aliphatic carbocycles. The van der Waals surface area contributed by atoms with Crippen molar-refractivity contribution in [2.45, 2.75) is 19.1 Å². The number of likely N-dealkylation sites (N-methyl/N-ethyl adjacent to an activating group) is 1. The molecule has 0 fully saturated rings. The number of nitrogens with one attached hydrogen (secondary N) is 1. The van der Waals surface area contributed by atoms with Crippen molar-refractivity contribution in [3.05, 3.63) is 47.9 Å². The van der Waals surface area contributed by atoms with E-state index in [-0.39, 0.29) is 17.6 Å². The van der Waals surface area contributed by atoms with Crippen molar-refractivity contribution in [1.29, 1.82) is 0 Å². The summed E-state index contributed by atoms with van der Waals surface area (Å²) >= 11 is 0. The third-order valence-corrected chi connectivity index (χ3v) is 3.33. The van der Waals surface area contributed by atoms with Gasteiger partial charge in [-0.1, -0.05) is 35.6 Å². The zero-order valence-electron chi connectivity index (χ0n) is 12.3. The second-order valence-electron chi connectivity index (χ2n) is 4.82. The molecule has 1 amide bonds. The fraction of sp³-hybridized carbons (Fsp3) is 0.286. The average molecular weight is 302 g/mol. The van der Waals surface area contributed by atoms with E-state index >= 15 is 0 Å². The summed E-state index contributed by atoms with van der Waals surface area (Å²) in [6.45, 7) is 1.82. The molecule has 22 heavy (non-hydrogen) atoms. The number of amides is 1. The van der Waals surface area contributed by atoms with Gasteiger partial charge in [-0.3, -0.25) is 9.80 Å². The van der Waals surface area contributed by atoms with Gasteiger partial charge in [0.25, 0.3) is 5.91 Å². The second kappa shape index (κ2) is 6.81. The summed E-state index contributed by atoms with van der Waals surface area (Å²) in [7, 11) is 1.68. The number of aromatic amines is 1. The normalized spacial score (nSPS) is 14.0. The van der Waals surface area contributed by atoms with Crippen LogP contribution in [0.15, 0.2) is 47.0 Å². The van der Waals surface area contributed by atoms with Crippen LogP contribution in [0.1, 0.15) is 29.1 Å². The number of hydrogen-bond acceptors (Lipinski definition) is 5. The number of carbonyl (C=O) groups excluding carboxylic acids is 1. The summed E-state index contributed by atoms with van der Waals surface area (Å²) in [5, 5.41) is 19.7. The first kappa shape index (κ1) is 15.6. The molecule has 8 nitrogen and oxygen atoms in total. The van der Waals surface area contributed by atoms with Gasteiger partial charge in [0, 0.05) is 7.05 Å². The number of imidazole rings is 1. The zero-order chi connectivity index (χ0) is 16.1. The van der Waals surface area contributed by atoms with Crippen LogP contribution in [-0.2, 0) is 0 Å². The van der Waals surface area contributed by atoms with Crippen molar-refractivity contribution in [2.75, 3.05) is 7.05 Å². The number of H-pyrrole nitrogens is 1. The van der Waals surface area contributed by atoms with Gasteiger partial charge in [0.15, 0.2) is 5.69 Å². The van der Waals surface area contributed by atoms with Crippen LogP contribution >= 0.6 is 0 Å². The first-order valence-electron chi connectivity index (χ1n) is 6.71. The summed E-state index contributed by atoms with van der Waals surface area (Å²) in [6, 6.07) is 8.95. The number of nitrogens with two attached hydrogens (primary N) is 1. The van der Waals surface area contributed by atoms with E-state index in [1.807, 2.05) is 37.3 Å². The van der Waals surface area contributed by atoms with E-state index in [4.69, 9.17) is 5.73 Å². The van der Waals surface area contributed by atoms with E-state index in [0.29, 0.717) is 0 Å². The minimum Gasteiger partial charge on any atom is -0.386 e. The minimum atomic E-state index is -0.722. The van der Waals surface area contributed by atoms with Gasteiger partial charge in [0.2, 0.25) is 5.82 Å². The van der Waals surface area contributed by atoms with Crippen LogP contribution in [0.4, 0.5) is 5.82 Å². The molecule has 2 atom stereocenters. The van der Waals surface area contributed by atoms with Gasteiger partial charge in [0.05, 0.1) is 12.4 Å². The maximum absolute atomic E-state index is 11.2. The van der Waals surface area contributed by atoms with E-state index in [1.54, 1.807) is 7.05 Å². The quantitative estimate of drug-likeness (QED) is 0.554. The molecule has 1 heterocycles. The molecule has 8 heteroatoms. The molecule has 4 N–H and O–H groups in total. The number of benzene rings is 1. The minimum absolute atomic E-state index is 0.0911. The van der Waals surface area contributed by atoms with E-state index < -0.39 is 12.0 Å². The number of primary amides is 1. The number of nitrogens with zero attached hydrogens (tertiary/aromatic N) is 4. The summed E-state index contributed by atoms with van der Waals surface area (Å²) < 4.78 is 0. The third-order valence-electron chi connectivity index (χ3n) is 3.33. The second-order valence-corrected chi connectivity index (χ2v) is 4.82. The maximum atomic E-state index is 11.2. The molecule has 1 aromatic carbocycles. The van der Waals surface area contributed by atoms with Crippen LogP contribution in [0.2, 0.25) is 0 Å². The van der Waals surface area contributed by atoms with Crippen molar-refractivity contribution < 1.29 is 9.90 Å². The van der Waals surface area contributed by atoms with Gasteiger partial charge < -0.3 is 15.8 Å². The van der Waals surface area contributed by atoms with Crippen molar-refractivity contribution in [3.63, 3.8) is 0 Å². The predicted molar refractivity (Wildman–Crippen MR) is 80.2 cm³/mol. The fourth-order valence-electron chi connectivity index (χ4n) is 1.87. The van der Waals surface area contributed by atoms with Crippen molar-refractivity contribution in [2.24, 2.45) is 16.1 Å². The van der Waals surface area contributed by atoms with Crippen LogP contribution < -0.4 is 5.73 Å². The molecule has 2 unspecified atom stereocenters. The first-order chi connectivity index (χ1) is 10.5. The highest BCUT2D eigenvalue weighted by Crippen LogP contribution is 2.21. The Morgan fingerprint density at radius 1 is 1.41 bits per heavy atom. The summed E-state index contributed by atoms with van der Waals surface area (Å²) in [6.07, 6.45) is 0.594. The fourth-order valence-corrected chi connectivity index (χ4v) is 1.87. The summed E-state index contributed by atoms with van der Waals surface area (Å²) in [5.74, 6) is -0.549. The lowest BCUT2D eigenvalue weighted by atomic mass is 10.0. The van der Waals surface area contributed by atoms with Crippen LogP contribution in [0.5, 0.6) is 0 Å². The topological polar surface area (TPSA) is 120 Å². The molecule has 2 rings (SSSR count). The Balaban J connectivity index is 2.08. The Kier molecular flexibility index (Phi) is 4.84. The molecule has 0 aliphatic rings. The number of aliphatic hydroxyl groups is 1. The molecule has 1 aromatic heterocycles. The highest BCUT2D eigenvalue weighted by Gasteiger charge is 2.20. The van der Waals surface area contributed by atoms with Crippen LogP contribution in [0.3, 0.4) is 0 Å². The first-order valence-corrected chi connectivity index (χ1v) is 6.71. The van der Waals surface area contributed by atoms with Crippen LogP contribution in [0.25, 0.3) is 0 Å². The maximum Gasteiger partial charge on any atom is 0.269 e. The van der Waals surface area contributed by atoms with E-state index in [0.717, 1.165) is 5.56 Å². The van der Waals surface area contributed by atoms with Gasteiger partial charge in [-0.05, 0) is 12.5 Å². The average Bonchev–Trinajstić information content (AvgIpc) is 3.00. The third kappa shape index (κ3) is 3.47. The molecule has 0 spiro atoms. The Labute approximate surface area is 127 Å². The summed E-state index contributed by atoms with van der Waals surface area (Å²) in [4.78, 5) is 17.6. The van der Waals surface area contributed by atoms with Gasteiger partial charge in [0.1, 0.15) is 6.10 Å². The number of carbonyl (C=O) groups is 1.